The normalized spacial score (nSPS) is 16.5. The summed E-state index contributed by atoms with van der Waals surface area (Å²) in [6.07, 6.45) is 5.33. The second-order valence-electron chi connectivity index (χ2n) is 7.55. The SMILES string of the molecule is Cc1cccc(C)c1NC(=O)C1CCCN(c2ccc(-c3ccncc3)nn2)C1. The summed E-state index contributed by atoms with van der Waals surface area (Å²) in [6, 6.07) is 13.8. The van der Waals surface area contributed by atoms with Crippen LogP contribution < -0.4 is 10.2 Å². The topological polar surface area (TPSA) is 71.0 Å². The van der Waals surface area contributed by atoms with Crippen LogP contribution in [0.3, 0.4) is 0 Å². The van der Waals surface area contributed by atoms with E-state index in [1.165, 1.54) is 0 Å². The summed E-state index contributed by atoms with van der Waals surface area (Å²) >= 11 is 0. The molecule has 1 atom stereocenters. The van der Waals surface area contributed by atoms with E-state index in [1.54, 1.807) is 12.4 Å². The van der Waals surface area contributed by atoms with Gasteiger partial charge in [-0.3, -0.25) is 9.78 Å². The molecule has 6 nitrogen and oxygen atoms in total. The van der Waals surface area contributed by atoms with Crippen molar-refractivity contribution in [3.05, 3.63) is 66.0 Å². The van der Waals surface area contributed by atoms with Crippen LogP contribution in [0.2, 0.25) is 0 Å². The number of nitrogens with one attached hydrogen (secondary N) is 1. The van der Waals surface area contributed by atoms with Gasteiger partial charge in [0.1, 0.15) is 0 Å². The number of carbonyl (C=O) groups excluding carboxylic acids is 1. The van der Waals surface area contributed by atoms with Gasteiger partial charge < -0.3 is 10.2 Å². The van der Waals surface area contributed by atoms with Crippen LogP contribution in [0.5, 0.6) is 0 Å². The quantitative estimate of drug-likeness (QED) is 0.732. The summed E-state index contributed by atoms with van der Waals surface area (Å²) in [7, 11) is 0. The highest BCUT2D eigenvalue weighted by Crippen LogP contribution is 2.26. The number of para-hydroxylation sites is 1. The minimum Gasteiger partial charge on any atom is -0.354 e. The Labute approximate surface area is 171 Å². The minimum absolute atomic E-state index is 0.0653. The Morgan fingerprint density at radius 3 is 2.48 bits per heavy atom. The van der Waals surface area contributed by atoms with Gasteiger partial charge in [-0.15, -0.1) is 10.2 Å². The van der Waals surface area contributed by atoms with Gasteiger partial charge in [0.25, 0.3) is 0 Å². The third kappa shape index (κ3) is 4.26. The molecular weight excluding hydrogens is 362 g/mol. The Morgan fingerprint density at radius 1 is 1.03 bits per heavy atom. The Kier molecular flexibility index (Phi) is 5.51. The Hall–Kier alpha value is -3.28. The number of hydrogen-bond donors (Lipinski definition) is 1. The van der Waals surface area contributed by atoms with Crippen molar-refractivity contribution in [1.29, 1.82) is 0 Å². The Balaban J connectivity index is 1.45. The van der Waals surface area contributed by atoms with E-state index in [0.29, 0.717) is 6.54 Å². The van der Waals surface area contributed by atoms with Gasteiger partial charge in [-0.05, 0) is 62.1 Å². The van der Waals surface area contributed by atoms with Crippen LogP contribution in [0.25, 0.3) is 11.3 Å². The van der Waals surface area contributed by atoms with Crippen LogP contribution in [-0.4, -0.2) is 34.2 Å². The summed E-state index contributed by atoms with van der Waals surface area (Å²) in [5, 5.41) is 11.9. The lowest BCUT2D eigenvalue weighted by atomic mass is 9.96. The predicted molar refractivity (Wildman–Crippen MR) is 115 cm³/mol. The number of anilines is 2. The zero-order valence-corrected chi connectivity index (χ0v) is 16.8. The fourth-order valence-electron chi connectivity index (χ4n) is 3.81. The molecule has 1 unspecified atom stereocenters. The second-order valence-corrected chi connectivity index (χ2v) is 7.55. The molecule has 148 valence electrons. The Morgan fingerprint density at radius 2 is 1.79 bits per heavy atom. The summed E-state index contributed by atoms with van der Waals surface area (Å²) < 4.78 is 0. The molecule has 29 heavy (non-hydrogen) atoms. The fraction of sp³-hybridized carbons (Fsp3) is 0.304. The first-order valence-electron chi connectivity index (χ1n) is 9.98. The molecule has 1 fully saturated rings. The number of aryl methyl sites for hydroxylation is 2. The van der Waals surface area contributed by atoms with Gasteiger partial charge in [0.2, 0.25) is 5.91 Å². The van der Waals surface area contributed by atoms with Crippen molar-refractivity contribution in [2.45, 2.75) is 26.7 Å². The van der Waals surface area contributed by atoms with E-state index in [0.717, 1.165) is 53.3 Å². The highest BCUT2D eigenvalue weighted by atomic mass is 16.1. The van der Waals surface area contributed by atoms with Crippen molar-refractivity contribution in [3.63, 3.8) is 0 Å². The van der Waals surface area contributed by atoms with Crippen LogP contribution in [0.15, 0.2) is 54.9 Å². The molecular formula is C23H25N5O. The smallest absolute Gasteiger partial charge is 0.229 e. The molecule has 1 aliphatic rings. The Bertz CT molecular complexity index is 968. The third-order valence-electron chi connectivity index (χ3n) is 5.47. The molecule has 6 heteroatoms. The molecule has 1 amide bonds. The van der Waals surface area contributed by atoms with Crippen LogP contribution in [-0.2, 0) is 4.79 Å². The van der Waals surface area contributed by atoms with E-state index < -0.39 is 0 Å². The van der Waals surface area contributed by atoms with Gasteiger partial charge in [0, 0.05) is 36.7 Å². The number of nitrogens with zero attached hydrogens (tertiary/aromatic N) is 4. The molecule has 1 N–H and O–H groups in total. The van der Waals surface area contributed by atoms with E-state index in [4.69, 9.17) is 0 Å². The third-order valence-corrected chi connectivity index (χ3v) is 5.47. The molecule has 4 rings (SSSR count). The zero-order chi connectivity index (χ0) is 20.2. The van der Waals surface area contributed by atoms with Crippen molar-refractivity contribution in [2.24, 2.45) is 5.92 Å². The number of amides is 1. The van der Waals surface area contributed by atoms with Gasteiger partial charge in [-0.25, -0.2) is 0 Å². The first-order valence-corrected chi connectivity index (χ1v) is 9.98. The van der Waals surface area contributed by atoms with Crippen molar-refractivity contribution < 1.29 is 4.79 Å². The monoisotopic (exact) mass is 387 g/mol. The summed E-state index contributed by atoms with van der Waals surface area (Å²) in [4.78, 5) is 19.1. The van der Waals surface area contributed by atoms with Gasteiger partial charge in [-0.1, -0.05) is 18.2 Å². The number of pyridine rings is 1. The van der Waals surface area contributed by atoms with Crippen molar-refractivity contribution in [3.8, 4) is 11.3 Å². The maximum absolute atomic E-state index is 12.9. The van der Waals surface area contributed by atoms with Crippen LogP contribution in [0.4, 0.5) is 11.5 Å². The lowest BCUT2D eigenvalue weighted by molar-refractivity contribution is -0.120. The first-order chi connectivity index (χ1) is 14.1. The molecule has 0 saturated carbocycles. The molecule has 3 aromatic rings. The predicted octanol–water partition coefficient (Wildman–Crippen LogP) is 4.01. The lowest BCUT2D eigenvalue weighted by Gasteiger charge is -2.32. The van der Waals surface area contributed by atoms with Crippen LogP contribution >= 0.6 is 0 Å². The van der Waals surface area contributed by atoms with Gasteiger partial charge in [-0.2, -0.15) is 0 Å². The molecule has 1 aliphatic heterocycles. The standard InChI is InChI=1S/C23H25N5O/c1-16-5-3-6-17(2)22(16)25-23(29)19-7-4-14-28(15-19)21-9-8-20(26-27-21)18-10-12-24-13-11-18/h3,5-6,8-13,19H,4,7,14-15H2,1-2H3,(H,25,29). The second kappa shape index (κ2) is 8.39. The molecule has 0 radical (unpaired) electrons. The molecule has 0 aliphatic carbocycles. The summed E-state index contributed by atoms with van der Waals surface area (Å²) in [6.45, 7) is 5.59. The maximum atomic E-state index is 12.9. The number of carbonyl (C=O) groups is 1. The number of hydrogen-bond acceptors (Lipinski definition) is 5. The van der Waals surface area contributed by atoms with Crippen LogP contribution in [0, 0.1) is 19.8 Å². The van der Waals surface area contributed by atoms with E-state index in [1.807, 2.05) is 56.3 Å². The van der Waals surface area contributed by atoms with Crippen molar-refractivity contribution in [2.75, 3.05) is 23.3 Å². The van der Waals surface area contributed by atoms with E-state index in [-0.39, 0.29) is 11.8 Å². The zero-order valence-electron chi connectivity index (χ0n) is 16.8. The fourth-order valence-corrected chi connectivity index (χ4v) is 3.81. The summed E-state index contributed by atoms with van der Waals surface area (Å²) in [5.41, 5.74) is 4.91. The van der Waals surface area contributed by atoms with Crippen molar-refractivity contribution in [1.82, 2.24) is 15.2 Å². The number of aromatic nitrogens is 3. The van der Waals surface area contributed by atoms with Gasteiger partial charge in [0.15, 0.2) is 5.82 Å². The van der Waals surface area contributed by atoms with Crippen LogP contribution in [0.1, 0.15) is 24.0 Å². The molecule has 3 heterocycles. The highest BCUT2D eigenvalue weighted by molar-refractivity contribution is 5.94. The molecule has 2 aromatic heterocycles. The maximum Gasteiger partial charge on any atom is 0.229 e. The average Bonchev–Trinajstić information content (AvgIpc) is 2.77. The highest BCUT2D eigenvalue weighted by Gasteiger charge is 2.27. The minimum atomic E-state index is -0.0653. The van der Waals surface area contributed by atoms with E-state index in [9.17, 15) is 4.79 Å². The van der Waals surface area contributed by atoms with E-state index >= 15 is 0 Å². The molecule has 0 spiro atoms. The molecule has 1 aromatic carbocycles. The van der Waals surface area contributed by atoms with E-state index in [2.05, 4.69) is 25.4 Å². The van der Waals surface area contributed by atoms with Gasteiger partial charge in [0.05, 0.1) is 11.6 Å². The lowest BCUT2D eigenvalue weighted by Crippen LogP contribution is -2.41. The number of rotatable bonds is 4. The van der Waals surface area contributed by atoms with Gasteiger partial charge >= 0.3 is 0 Å². The molecule has 0 bridgehead atoms. The largest absolute Gasteiger partial charge is 0.354 e. The van der Waals surface area contributed by atoms with Crippen molar-refractivity contribution >= 4 is 17.4 Å². The number of benzene rings is 1. The summed E-state index contributed by atoms with van der Waals surface area (Å²) in [5.74, 6) is 0.824. The first kappa shape index (κ1) is 19.1. The molecule has 1 saturated heterocycles. The average molecular weight is 387 g/mol. The number of piperidine rings is 1.